The molecule has 1 aliphatic heterocycles. The number of hydrogen-bond acceptors (Lipinski definition) is 2. The van der Waals surface area contributed by atoms with E-state index in [1.165, 1.54) is 4.90 Å². The maximum atomic E-state index is 12.7. The zero-order chi connectivity index (χ0) is 14.0. The second kappa shape index (κ2) is 5.47. The smallest absolute Gasteiger partial charge is 0.249 e. The van der Waals surface area contributed by atoms with Gasteiger partial charge in [-0.05, 0) is 18.8 Å². The minimum atomic E-state index is -0.754. The van der Waals surface area contributed by atoms with Crippen molar-refractivity contribution in [1.29, 1.82) is 0 Å². The molecule has 0 aromatic carbocycles. The van der Waals surface area contributed by atoms with Crippen molar-refractivity contribution in [3.63, 3.8) is 0 Å². The molecule has 1 spiro atoms. The SMILES string of the molecule is CC(C)C1C(=O)NC2(CCCCC2)C(=O)N1CCF. The van der Waals surface area contributed by atoms with Crippen LogP contribution < -0.4 is 5.32 Å². The molecule has 1 saturated heterocycles. The molecule has 2 rings (SSSR count). The average Bonchev–Trinajstić information content (AvgIpc) is 2.36. The molecule has 0 aromatic rings. The Hall–Kier alpha value is -1.13. The Morgan fingerprint density at radius 3 is 2.47 bits per heavy atom. The van der Waals surface area contributed by atoms with Crippen LogP contribution in [0.4, 0.5) is 4.39 Å². The highest BCUT2D eigenvalue weighted by Gasteiger charge is 2.51. The molecule has 0 radical (unpaired) electrons. The standard InChI is InChI=1S/C14H23FN2O2/c1-10(2)11-12(18)16-14(6-4-3-5-7-14)13(19)17(11)9-8-15/h10-11H,3-9H2,1-2H3,(H,16,18). The highest BCUT2D eigenvalue weighted by molar-refractivity contribution is 6.00. The van der Waals surface area contributed by atoms with Crippen molar-refractivity contribution in [2.24, 2.45) is 5.92 Å². The number of amides is 2. The first-order valence-corrected chi connectivity index (χ1v) is 7.21. The normalized spacial score (nSPS) is 26.9. The first kappa shape index (κ1) is 14.3. The van der Waals surface area contributed by atoms with Crippen molar-refractivity contribution in [3.8, 4) is 0 Å². The van der Waals surface area contributed by atoms with Crippen molar-refractivity contribution < 1.29 is 14.0 Å². The Balaban J connectivity index is 2.28. The molecule has 1 saturated carbocycles. The second-order valence-corrected chi connectivity index (χ2v) is 6.01. The fraction of sp³-hybridized carbons (Fsp3) is 0.857. The van der Waals surface area contributed by atoms with Gasteiger partial charge in [-0.25, -0.2) is 4.39 Å². The molecule has 2 amide bonds. The molecule has 2 fully saturated rings. The Bertz CT molecular complexity index is 364. The van der Waals surface area contributed by atoms with E-state index in [1.54, 1.807) is 0 Å². The van der Waals surface area contributed by atoms with Gasteiger partial charge in [0.05, 0.1) is 0 Å². The van der Waals surface area contributed by atoms with E-state index in [9.17, 15) is 14.0 Å². The number of nitrogens with zero attached hydrogens (tertiary/aromatic N) is 1. The van der Waals surface area contributed by atoms with E-state index in [2.05, 4.69) is 5.32 Å². The van der Waals surface area contributed by atoms with E-state index in [-0.39, 0.29) is 24.3 Å². The number of nitrogens with one attached hydrogen (secondary N) is 1. The van der Waals surface area contributed by atoms with E-state index in [0.717, 1.165) is 19.3 Å². The molecule has 19 heavy (non-hydrogen) atoms. The lowest BCUT2D eigenvalue weighted by atomic mass is 9.77. The number of hydrogen-bond donors (Lipinski definition) is 1. The van der Waals surface area contributed by atoms with Gasteiger partial charge < -0.3 is 10.2 Å². The second-order valence-electron chi connectivity index (χ2n) is 6.01. The molecule has 1 atom stereocenters. The summed E-state index contributed by atoms with van der Waals surface area (Å²) in [5, 5.41) is 2.95. The fourth-order valence-corrected chi connectivity index (χ4v) is 3.39. The van der Waals surface area contributed by atoms with Crippen molar-refractivity contribution in [2.45, 2.75) is 57.5 Å². The van der Waals surface area contributed by atoms with Crippen molar-refractivity contribution in [3.05, 3.63) is 0 Å². The summed E-state index contributed by atoms with van der Waals surface area (Å²) in [6, 6.07) is -0.532. The van der Waals surface area contributed by atoms with Crippen LogP contribution in [0.5, 0.6) is 0 Å². The summed E-state index contributed by atoms with van der Waals surface area (Å²) in [5.74, 6) is -0.204. The minimum absolute atomic E-state index is 0.00330. The summed E-state index contributed by atoms with van der Waals surface area (Å²) in [6.07, 6.45) is 4.36. The highest BCUT2D eigenvalue weighted by Crippen LogP contribution is 2.34. The Labute approximate surface area is 113 Å². The molecule has 5 heteroatoms. The van der Waals surface area contributed by atoms with Crippen molar-refractivity contribution >= 4 is 11.8 Å². The third kappa shape index (κ3) is 2.47. The lowest BCUT2D eigenvalue weighted by Gasteiger charge is -2.48. The molecule has 1 heterocycles. The molecule has 108 valence electrons. The van der Waals surface area contributed by atoms with E-state index < -0.39 is 18.3 Å². The van der Waals surface area contributed by atoms with Crippen LogP contribution in [-0.2, 0) is 9.59 Å². The van der Waals surface area contributed by atoms with Gasteiger partial charge in [0.1, 0.15) is 18.3 Å². The molecular formula is C14H23FN2O2. The predicted octanol–water partition coefficient (Wildman–Crippen LogP) is 1.64. The monoisotopic (exact) mass is 270 g/mol. The molecular weight excluding hydrogens is 247 g/mol. The quantitative estimate of drug-likeness (QED) is 0.847. The van der Waals surface area contributed by atoms with Crippen LogP contribution >= 0.6 is 0 Å². The van der Waals surface area contributed by atoms with Gasteiger partial charge in [0.15, 0.2) is 0 Å². The van der Waals surface area contributed by atoms with Crippen LogP contribution in [-0.4, -0.2) is 41.5 Å². The lowest BCUT2D eigenvalue weighted by molar-refractivity contribution is -0.158. The van der Waals surface area contributed by atoms with Gasteiger partial charge in [-0.15, -0.1) is 0 Å². The lowest BCUT2D eigenvalue weighted by Crippen LogP contribution is -2.72. The first-order chi connectivity index (χ1) is 9.02. The van der Waals surface area contributed by atoms with E-state index >= 15 is 0 Å². The molecule has 2 aliphatic rings. The fourth-order valence-electron chi connectivity index (χ4n) is 3.39. The van der Waals surface area contributed by atoms with Gasteiger partial charge in [0.2, 0.25) is 11.8 Å². The first-order valence-electron chi connectivity index (χ1n) is 7.21. The summed E-state index contributed by atoms with van der Waals surface area (Å²) in [6.45, 7) is 3.21. The van der Waals surface area contributed by atoms with Crippen LogP contribution in [0.25, 0.3) is 0 Å². The van der Waals surface area contributed by atoms with Crippen LogP contribution in [0, 0.1) is 5.92 Å². The highest BCUT2D eigenvalue weighted by atomic mass is 19.1. The van der Waals surface area contributed by atoms with Gasteiger partial charge in [-0.2, -0.15) is 0 Å². The summed E-state index contributed by atoms with van der Waals surface area (Å²) in [5.41, 5.74) is -0.754. The van der Waals surface area contributed by atoms with Gasteiger partial charge in [-0.1, -0.05) is 33.1 Å². The van der Waals surface area contributed by atoms with Crippen molar-refractivity contribution in [2.75, 3.05) is 13.2 Å². The largest absolute Gasteiger partial charge is 0.340 e. The maximum Gasteiger partial charge on any atom is 0.249 e. The zero-order valence-corrected chi connectivity index (χ0v) is 11.7. The Kier molecular flexibility index (Phi) is 4.11. The molecule has 1 aliphatic carbocycles. The molecule has 0 aromatic heterocycles. The molecule has 1 unspecified atom stereocenters. The Morgan fingerprint density at radius 1 is 1.32 bits per heavy atom. The zero-order valence-electron chi connectivity index (χ0n) is 11.7. The molecule has 0 bridgehead atoms. The van der Waals surface area contributed by atoms with E-state index in [4.69, 9.17) is 0 Å². The van der Waals surface area contributed by atoms with Gasteiger partial charge in [0.25, 0.3) is 0 Å². The Morgan fingerprint density at radius 2 is 1.95 bits per heavy atom. The van der Waals surface area contributed by atoms with Crippen LogP contribution in [0.1, 0.15) is 46.0 Å². The van der Waals surface area contributed by atoms with E-state index in [0.29, 0.717) is 12.8 Å². The van der Waals surface area contributed by atoms with Crippen LogP contribution in [0.2, 0.25) is 0 Å². The molecule has 4 nitrogen and oxygen atoms in total. The number of carbonyl (C=O) groups is 2. The predicted molar refractivity (Wildman–Crippen MR) is 70.3 cm³/mol. The number of rotatable bonds is 3. The summed E-state index contributed by atoms with van der Waals surface area (Å²) in [7, 11) is 0. The third-order valence-corrected chi connectivity index (χ3v) is 4.30. The van der Waals surface area contributed by atoms with Gasteiger partial charge in [0, 0.05) is 6.54 Å². The number of alkyl halides is 1. The van der Waals surface area contributed by atoms with Gasteiger partial charge in [-0.3, -0.25) is 9.59 Å². The minimum Gasteiger partial charge on any atom is -0.340 e. The summed E-state index contributed by atoms with van der Waals surface area (Å²) < 4.78 is 12.7. The van der Waals surface area contributed by atoms with Gasteiger partial charge >= 0.3 is 0 Å². The number of carbonyl (C=O) groups excluding carboxylic acids is 2. The summed E-state index contributed by atoms with van der Waals surface area (Å²) in [4.78, 5) is 26.5. The van der Waals surface area contributed by atoms with Crippen molar-refractivity contribution in [1.82, 2.24) is 10.2 Å². The van der Waals surface area contributed by atoms with Crippen LogP contribution in [0.3, 0.4) is 0 Å². The van der Waals surface area contributed by atoms with E-state index in [1.807, 2.05) is 13.8 Å². The average molecular weight is 270 g/mol. The topological polar surface area (TPSA) is 49.4 Å². The molecule has 1 N–H and O–H groups in total. The number of piperazine rings is 1. The number of halogens is 1. The van der Waals surface area contributed by atoms with Crippen LogP contribution in [0.15, 0.2) is 0 Å². The maximum absolute atomic E-state index is 12.7. The third-order valence-electron chi connectivity index (χ3n) is 4.30. The summed E-state index contributed by atoms with van der Waals surface area (Å²) >= 11 is 0.